The van der Waals surface area contributed by atoms with Gasteiger partial charge in [-0.25, -0.2) is 0 Å². The zero-order valence-corrected chi connectivity index (χ0v) is 11.5. The molecule has 0 spiro atoms. The van der Waals surface area contributed by atoms with Crippen LogP contribution in [0.5, 0.6) is 0 Å². The number of hydrogen-bond donors (Lipinski definition) is 0. The van der Waals surface area contributed by atoms with Crippen LogP contribution in [0.4, 0.5) is 0 Å². The molecule has 2 heteroatoms. The normalized spacial score (nSPS) is 33.1. The van der Waals surface area contributed by atoms with Crippen molar-refractivity contribution in [2.45, 2.75) is 51.6 Å². The van der Waals surface area contributed by atoms with Gasteiger partial charge in [-0.1, -0.05) is 25.8 Å². The van der Waals surface area contributed by atoms with E-state index in [9.17, 15) is 5.26 Å². The van der Waals surface area contributed by atoms with Crippen molar-refractivity contribution < 1.29 is 4.74 Å². The smallest absolute Gasteiger partial charge is 0.0991 e. The van der Waals surface area contributed by atoms with Gasteiger partial charge >= 0.3 is 0 Å². The summed E-state index contributed by atoms with van der Waals surface area (Å²) in [6.07, 6.45) is 11.5. The molecule has 98 valence electrons. The second kappa shape index (κ2) is 6.20. The summed E-state index contributed by atoms with van der Waals surface area (Å²) in [5.41, 5.74) is 2.24. The van der Waals surface area contributed by atoms with Gasteiger partial charge in [0.25, 0.3) is 0 Å². The number of hydrogen-bond acceptors (Lipinski definition) is 2. The largest absolute Gasteiger partial charge is 0.381 e. The lowest BCUT2D eigenvalue weighted by molar-refractivity contribution is 0.0240. The summed E-state index contributed by atoms with van der Waals surface area (Å²) < 4.78 is 5.77. The lowest BCUT2D eigenvalue weighted by atomic mass is 9.79. The van der Waals surface area contributed by atoms with Gasteiger partial charge in [0.1, 0.15) is 0 Å². The average Bonchev–Trinajstić information content (AvgIpc) is 2.60. The molecule has 18 heavy (non-hydrogen) atoms. The van der Waals surface area contributed by atoms with Crippen LogP contribution < -0.4 is 0 Å². The Balaban J connectivity index is 2.31. The summed E-state index contributed by atoms with van der Waals surface area (Å²) in [6, 6.07) is 2.37. The molecule has 2 unspecified atom stereocenters. The quantitative estimate of drug-likeness (QED) is 0.689. The third-order valence-corrected chi connectivity index (χ3v) is 4.43. The zero-order chi connectivity index (χ0) is 13.0. The molecule has 3 atom stereocenters. The SMILES string of the molecule is CO[C@@H]1C(C)CCCCC1C1=C(C#N)C=CCC1. The molecule has 0 amide bonds. The molecule has 0 aliphatic heterocycles. The Kier molecular flexibility index (Phi) is 4.60. The highest BCUT2D eigenvalue weighted by molar-refractivity contribution is 5.41. The summed E-state index contributed by atoms with van der Waals surface area (Å²) in [5.74, 6) is 1.05. The van der Waals surface area contributed by atoms with Crippen LogP contribution in [0.15, 0.2) is 23.3 Å². The number of methoxy groups -OCH3 is 1. The van der Waals surface area contributed by atoms with Crippen LogP contribution >= 0.6 is 0 Å². The highest BCUT2D eigenvalue weighted by atomic mass is 16.5. The van der Waals surface area contributed by atoms with E-state index in [4.69, 9.17) is 4.74 Å². The maximum Gasteiger partial charge on any atom is 0.0991 e. The fraction of sp³-hybridized carbons (Fsp3) is 0.688. The van der Waals surface area contributed by atoms with Crippen molar-refractivity contribution >= 4 is 0 Å². The van der Waals surface area contributed by atoms with Gasteiger partial charge in [-0.2, -0.15) is 5.26 Å². The van der Waals surface area contributed by atoms with Crippen molar-refractivity contribution in [1.29, 1.82) is 5.26 Å². The summed E-state index contributed by atoms with van der Waals surface area (Å²) >= 11 is 0. The van der Waals surface area contributed by atoms with Crippen molar-refractivity contribution in [3.8, 4) is 6.07 Å². The van der Waals surface area contributed by atoms with Gasteiger partial charge in [-0.15, -0.1) is 0 Å². The Morgan fingerprint density at radius 2 is 2.11 bits per heavy atom. The molecule has 1 fully saturated rings. The predicted octanol–water partition coefficient (Wildman–Crippen LogP) is 4.00. The second-order valence-corrected chi connectivity index (χ2v) is 5.56. The van der Waals surface area contributed by atoms with Crippen molar-refractivity contribution in [3.63, 3.8) is 0 Å². The van der Waals surface area contributed by atoms with E-state index in [0.29, 0.717) is 11.8 Å². The second-order valence-electron chi connectivity index (χ2n) is 5.56. The minimum Gasteiger partial charge on any atom is -0.381 e. The molecular formula is C16H23NO. The Hall–Kier alpha value is -1.07. The predicted molar refractivity (Wildman–Crippen MR) is 72.9 cm³/mol. The summed E-state index contributed by atoms with van der Waals surface area (Å²) in [6.45, 7) is 2.29. The van der Waals surface area contributed by atoms with E-state index in [2.05, 4.69) is 19.1 Å². The van der Waals surface area contributed by atoms with Crippen LogP contribution in [-0.2, 0) is 4.74 Å². The first-order chi connectivity index (χ1) is 8.77. The van der Waals surface area contributed by atoms with Crippen LogP contribution in [-0.4, -0.2) is 13.2 Å². The fourth-order valence-electron chi connectivity index (χ4n) is 3.50. The molecule has 0 bridgehead atoms. The minimum atomic E-state index is 0.289. The zero-order valence-electron chi connectivity index (χ0n) is 11.5. The lowest BCUT2D eigenvalue weighted by Crippen LogP contribution is -2.30. The highest BCUT2D eigenvalue weighted by Crippen LogP contribution is 2.38. The molecule has 0 N–H and O–H groups in total. The molecule has 1 saturated carbocycles. The van der Waals surface area contributed by atoms with Crippen molar-refractivity contribution in [3.05, 3.63) is 23.3 Å². The van der Waals surface area contributed by atoms with Crippen LogP contribution in [0.3, 0.4) is 0 Å². The molecule has 0 aromatic carbocycles. The maximum absolute atomic E-state index is 9.29. The summed E-state index contributed by atoms with van der Waals surface area (Å²) in [7, 11) is 1.82. The van der Waals surface area contributed by atoms with Crippen molar-refractivity contribution in [2.75, 3.05) is 7.11 Å². The molecule has 0 aromatic rings. The summed E-state index contributed by atoms with van der Waals surface area (Å²) in [4.78, 5) is 0. The van der Waals surface area contributed by atoms with Crippen molar-refractivity contribution in [2.24, 2.45) is 11.8 Å². The van der Waals surface area contributed by atoms with Crippen molar-refractivity contribution in [1.82, 2.24) is 0 Å². The molecule has 0 aromatic heterocycles. The highest BCUT2D eigenvalue weighted by Gasteiger charge is 2.32. The third kappa shape index (κ3) is 2.67. The van der Waals surface area contributed by atoms with E-state index < -0.39 is 0 Å². The van der Waals surface area contributed by atoms with Gasteiger partial charge in [0.2, 0.25) is 0 Å². The molecule has 0 saturated heterocycles. The van der Waals surface area contributed by atoms with Gasteiger partial charge in [-0.05, 0) is 43.3 Å². The molecule has 0 radical (unpaired) electrons. The molecule has 2 rings (SSSR count). The molecule has 2 nitrogen and oxygen atoms in total. The van der Waals surface area contributed by atoms with E-state index in [0.717, 1.165) is 18.4 Å². The van der Waals surface area contributed by atoms with E-state index in [-0.39, 0.29) is 6.10 Å². The number of allylic oxidation sites excluding steroid dienone is 3. The Labute approximate surface area is 110 Å². The van der Waals surface area contributed by atoms with Crippen LogP contribution in [0, 0.1) is 23.2 Å². The van der Waals surface area contributed by atoms with Crippen LogP contribution in [0.25, 0.3) is 0 Å². The van der Waals surface area contributed by atoms with Gasteiger partial charge in [0.05, 0.1) is 17.7 Å². The Bertz CT molecular complexity index is 388. The Morgan fingerprint density at radius 3 is 2.83 bits per heavy atom. The van der Waals surface area contributed by atoms with Gasteiger partial charge < -0.3 is 4.74 Å². The first-order valence-corrected chi connectivity index (χ1v) is 7.10. The molecule has 2 aliphatic carbocycles. The summed E-state index contributed by atoms with van der Waals surface area (Å²) in [5, 5.41) is 9.29. The van der Waals surface area contributed by atoms with Gasteiger partial charge in [0.15, 0.2) is 0 Å². The molecule has 2 aliphatic rings. The van der Waals surface area contributed by atoms with Gasteiger partial charge in [-0.3, -0.25) is 0 Å². The monoisotopic (exact) mass is 245 g/mol. The number of rotatable bonds is 2. The first-order valence-electron chi connectivity index (χ1n) is 7.10. The van der Waals surface area contributed by atoms with Crippen LogP contribution in [0.1, 0.15) is 45.4 Å². The minimum absolute atomic E-state index is 0.289. The number of nitrogens with zero attached hydrogens (tertiary/aromatic N) is 1. The maximum atomic E-state index is 9.29. The van der Waals surface area contributed by atoms with Gasteiger partial charge in [0, 0.05) is 13.0 Å². The number of nitriles is 1. The van der Waals surface area contributed by atoms with E-state index in [1.165, 1.54) is 31.3 Å². The standard InChI is InChI=1S/C16H23NO/c1-12-7-3-5-10-15(16(12)18-2)14-9-6-4-8-13(14)11-17/h4,8,12,15-16H,3,5-7,9-10H2,1-2H3/t12?,15?,16-/m1/s1. The lowest BCUT2D eigenvalue weighted by Gasteiger charge is -2.31. The van der Waals surface area contributed by atoms with E-state index in [1.807, 2.05) is 13.2 Å². The Morgan fingerprint density at radius 1 is 1.33 bits per heavy atom. The topological polar surface area (TPSA) is 33.0 Å². The number of ether oxygens (including phenoxy) is 1. The van der Waals surface area contributed by atoms with E-state index >= 15 is 0 Å². The third-order valence-electron chi connectivity index (χ3n) is 4.43. The van der Waals surface area contributed by atoms with E-state index in [1.54, 1.807) is 0 Å². The fourth-order valence-corrected chi connectivity index (χ4v) is 3.50. The average molecular weight is 245 g/mol. The first kappa shape index (κ1) is 13.4. The molecule has 0 heterocycles. The molecular weight excluding hydrogens is 222 g/mol. The van der Waals surface area contributed by atoms with Crippen LogP contribution in [0.2, 0.25) is 0 Å².